The van der Waals surface area contributed by atoms with Crippen LogP contribution in [0.2, 0.25) is 0 Å². The van der Waals surface area contributed by atoms with Gasteiger partial charge in [-0.2, -0.15) is 0 Å². The average Bonchev–Trinajstić information content (AvgIpc) is 2.68. The van der Waals surface area contributed by atoms with Gasteiger partial charge in [0.25, 0.3) is 0 Å². The first kappa shape index (κ1) is 21.3. The van der Waals surface area contributed by atoms with Crippen LogP contribution in [0.1, 0.15) is 40.0 Å². The average molecular weight is 383 g/mol. The molecular weight excluding hydrogens is 354 g/mol. The summed E-state index contributed by atoms with van der Waals surface area (Å²) in [5, 5.41) is 8.75. The van der Waals surface area contributed by atoms with Gasteiger partial charge in [0.05, 0.1) is 12.6 Å². The van der Waals surface area contributed by atoms with E-state index in [-0.39, 0.29) is 24.5 Å². The smallest absolute Gasteiger partial charge is 0.243 e. The van der Waals surface area contributed by atoms with Crippen molar-refractivity contribution in [3.8, 4) is 5.75 Å². The Kier molecular flexibility index (Phi) is 8.34. The Labute approximate surface area is 166 Å². The third-order valence-electron chi connectivity index (χ3n) is 4.13. The molecule has 28 heavy (non-hydrogen) atoms. The predicted octanol–water partition coefficient (Wildman–Crippen LogP) is 4.65. The van der Waals surface area contributed by atoms with Gasteiger partial charge in [-0.15, -0.1) is 0 Å². The molecule has 1 atom stereocenters. The van der Waals surface area contributed by atoms with Crippen LogP contribution in [-0.2, 0) is 9.59 Å². The first-order valence-electron chi connectivity index (χ1n) is 9.70. The third-order valence-corrected chi connectivity index (χ3v) is 4.13. The number of anilines is 3. The summed E-state index contributed by atoms with van der Waals surface area (Å²) in [5.41, 5.74) is 2.19. The van der Waals surface area contributed by atoms with E-state index < -0.39 is 0 Å². The zero-order valence-corrected chi connectivity index (χ0v) is 16.7. The number of hydrogen-bond acceptors (Lipinski definition) is 4. The monoisotopic (exact) mass is 383 g/mol. The van der Waals surface area contributed by atoms with E-state index >= 15 is 0 Å². The van der Waals surface area contributed by atoms with Crippen molar-refractivity contribution < 1.29 is 14.3 Å². The Bertz CT molecular complexity index is 775. The molecule has 0 bridgehead atoms. The van der Waals surface area contributed by atoms with Crippen molar-refractivity contribution in [1.29, 1.82) is 0 Å². The fourth-order valence-corrected chi connectivity index (χ4v) is 2.48. The number of nitrogens with one attached hydrogen (secondary N) is 3. The van der Waals surface area contributed by atoms with E-state index in [2.05, 4.69) is 22.9 Å². The summed E-state index contributed by atoms with van der Waals surface area (Å²) >= 11 is 0. The summed E-state index contributed by atoms with van der Waals surface area (Å²) in [5.74, 6) is 0.613. The van der Waals surface area contributed by atoms with Gasteiger partial charge < -0.3 is 20.7 Å². The Morgan fingerprint density at radius 2 is 1.61 bits per heavy atom. The van der Waals surface area contributed by atoms with Gasteiger partial charge >= 0.3 is 0 Å². The zero-order valence-electron chi connectivity index (χ0n) is 16.7. The maximum Gasteiger partial charge on any atom is 0.243 e. The minimum atomic E-state index is -0.156. The number of benzene rings is 2. The van der Waals surface area contributed by atoms with E-state index in [0.717, 1.165) is 24.3 Å². The van der Waals surface area contributed by atoms with Crippen molar-refractivity contribution in [2.45, 2.75) is 46.1 Å². The van der Waals surface area contributed by atoms with E-state index in [0.29, 0.717) is 17.8 Å². The van der Waals surface area contributed by atoms with Crippen LogP contribution in [0.3, 0.4) is 0 Å². The molecule has 0 aliphatic carbocycles. The minimum Gasteiger partial charge on any atom is -0.491 e. The van der Waals surface area contributed by atoms with E-state index in [4.69, 9.17) is 4.74 Å². The number of carbonyl (C=O) groups is 2. The summed E-state index contributed by atoms with van der Waals surface area (Å²) in [6.07, 6.45) is 2.39. The summed E-state index contributed by atoms with van der Waals surface area (Å²) in [7, 11) is 0. The second kappa shape index (κ2) is 11.0. The van der Waals surface area contributed by atoms with E-state index in [9.17, 15) is 9.59 Å². The quantitative estimate of drug-likeness (QED) is 0.558. The van der Waals surface area contributed by atoms with Crippen molar-refractivity contribution in [1.82, 2.24) is 0 Å². The Morgan fingerprint density at radius 1 is 0.929 bits per heavy atom. The molecule has 0 aliphatic rings. The molecule has 1 unspecified atom stereocenters. The van der Waals surface area contributed by atoms with Crippen molar-refractivity contribution in [3.63, 3.8) is 0 Å². The van der Waals surface area contributed by atoms with Gasteiger partial charge in [-0.05, 0) is 62.2 Å². The van der Waals surface area contributed by atoms with Gasteiger partial charge in [0.15, 0.2) is 0 Å². The molecule has 3 N–H and O–H groups in total. The van der Waals surface area contributed by atoms with Crippen molar-refractivity contribution >= 4 is 28.9 Å². The van der Waals surface area contributed by atoms with Gasteiger partial charge in [-0.3, -0.25) is 9.59 Å². The van der Waals surface area contributed by atoms with E-state index in [1.54, 1.807) is 0 Å². The molecule has 0 spiro atoms. The van der Waals surface area contributed by atoms with Crippen LogP contribution in [0.15, 0.2) is 48.5 Å². The minimum absolute atomic E-state index is 0.0156. The number of carbonyl (C=O) groups excluding carboxylic acids is 2. The Balaban J connectivity index is 1.83. The number of rotatable bonds is 10. The molecule has 6 heteroatoms. The van der Waals surface area contributed by atoms with Gasteiger partial charge in [0, 0.05) is 23.5 Å². The highest BCUT2D eigenvalue weighted by atomic mass is 16.5. The molecule has 0 radical (unpaired) electrons. The largest absolute Gasteiger partial charge is 0.491 e. The van der Waals surface area contributed by atoms with Gasteiger partial charge in [0.1, 0.15) is 5.75 Å². The van der Waals surface area contributed by atoms with Gasteiger partial charge in [-0.1, -0.05) is 19.9 Å². The van der Waals surface area contributed by atoms with Crippen LogP contribution in [-0.4, -0.2) is 24.5 Å². The van der Waals surface area contributed by atoms with Crippen molar-refractivity contribution in [2.24, 2.45) is 0 Å². The van der Waals surface area contributed by atoms with Crippen LogP contribution >= 0.6 is 0 Å². The maximum absolute atomic E-state index is 12.2. The first-order chi connectivity index (χ1) is 13.5. The molecule has 2 rings (SSSR count). The van der Waals surface area contributed by atoms with Crippen molar-refractivity contribution in [2.75, 3.05) is 22.5 Å². The third kappa shape index (κ3) is 7.31. The highest BCUT2D eigenvalue weighted by Crippen LogP contribution is 2.18. The van der Waals surface area contributed by atoms with Crippen LogP contribution in [0.4, 0.5) is 17.1 Å². The zero-order chi connectivity index (χ0) is 20.4. The molecule has 2 amide bonds. The fraction of sp³-hybridized carbons (Fsp3) is 0.364. The Hall–Kier alpha value is -3.02. The number of hydrogen-bond donors (Lipinski definition) is 3. The predicted molar refractivity (Wildman–Crippen MR) is 114 cm³/mol. The standard InChI is InChI=1S/C22H29N3O3/c1-4-7-21(26)25-19-9-6-8-18(14-19)23-15-22(27)24-17-10-12-20(13-11-17)28-16(3)5-2/h6,8-14,16,23H,4-5,7,15H2,1-3H3,(H,24,27)(H,25,26). The lowest BCUT2D eigenvalue weighted by molar-refractivity contribution is -0.116. The molecule has 0 saturated heterocycles. The summed E-state index contributed by atoms with van der Waals surface area (Å²) in [6.45, 7) is 6.17. The van der Waals surface area contributed by atoms with Crippen LogP contribution < -0.4 is 20.7 Å². The molecule has 0 saturated carbocycles. The molecule has 0 aliphatic heterocycles. The lowest BCUT2D eigenvalue weighted by Crippen LogP contribution is -2.21. The summed E-state index contributed by atoms with van der Waals surface area (Å²) in [4.78, 5) is 23.9. The lowest BCUT2D eigenvalue weighted by atomic mass is 10.2. The molecule has 0 fully saturated rings. The summed E-state index contributed by atoms with van der Waals surface area (Å²) in [6, 6.07) is 14.6. The van der Waals surface area contributed by atoms with Gasteiger partial charge in [-0.25, -0.2) is 0 Å². The SMILES string of the molecule is CCCC(=O)Nc1cccc(NCC(=O)Nc2ccc(OC(C)CC)cc2)c1. The van der Waals surface area contributed by atoms with Gasteiger partial charge in [0.2, 0.25) is 11.8 Å². The topological polar surface area (TPSA) is 79.5 Å². The molecular formula is C22H29N3O3. The maximum atomic E-state index is 12.2. The first-order valence-corrected chi connectivity index (χ1v) is 9.70. The summed E-state index contributed by atoms with van der Waals surface area (Å²) < 4.78 is 5.73. The molecule has 6 nitrogen and oxygen atoms in total. The second-order valence-corrected chi connectivity index (χ2v) is 6.64. The molecule has 150 valence electrons. The molecule has 0 aromatic heterocycles. The van der Waals surface area contributed by atoms with E-state index in [1.165, 1.54) is 0 Å². The van der Waals surface area contributed by atoms with Crippen LogP contribution in [0.5, 0.6) is 5.75 Å². The highest BCUT2D eigenvalue weighted by molar-refractivity contribution is 5.94. The highest BCUT2D eigenvalue weighted by Gasteiger charge is 2.06. The molecule has 0 heterocycles. The second-order valence-electron chi connectivity index (χ2n) is 6.64. The number of ether oxygens (including phenoxy) is 1. The molecule has 2 aromatic rings. The number of amides is 2. The fourth-order valence-electron chi connectivity index (χ4n) is 2.48. The lowest BCUT2D eigenvalue weighted by Gasteiger charge is -2.13. The van der Waals surface area contributed by atoms with Crippen molar-refractivity contribution in [3.05, 3.63) is 48.5 Å². The molecule has 2 aromatic carbocycles. The Morgan fingerprint density at radius 3 is 2.29 bits per heavy atom. The van der Waals surface area contributed by atoms with Crippen LogP contribution in [0, 0.1) is 0 Å². The normalized spacial score (nSPS) is 11.4. The van der Waals surface area contributed by atoms with Crippen LogP contribution in [0.25, 0.3) is 0 Å². The van der Waals surface area contributed by atoms with E-state index in [1.807, 2.05) is 62.4 Å².